The molecule has 0 spiro atoms. The standard InChI is InChI=1S/C59H115NO5/c1-3-5-7-9-11-13-15-17-18-19-22-25-28-31-35-39-43-47-51-57(62)56(55-61)60-58(63)52-48-44-40-36-32-29-26-23-20-21-24-27-30-34-38-42-46-50-54-65-59(64)53-49-45-41-37-33-16-14-12-10-8-6-4-2/h47,51,56-57,61-62H,3-46,48-50,52-55H2,1-2H3,(H,60,63)/b51-47+. The fourth-order valence-electron chi connectivity index (χ4n) is 9.28. The molecule has 0 aliphatic carbocycles. The summed E-state index contributed by atoms with van der Waals surface area (Å²) in [5, 5.41) is 23.2. The quantitative estimate of drug-likeness (QED) is 0.0321. The van der Waals surface area contributed by atoms with E-state index in [0.717, 1.165) is 38.5 Å². The van der Waals surface area contributed by atoms with Gasteiger partial charge in [-0.15, -0.1) is 0 Å². The molecule has 0 aromatic carbocycles. The lowest BCUT2D eigenvalue weighted by Gasteiger charge is -2.20. The Labute approximate surface area is 406 Å². The lowest BCUT2D eigenvalue weighted by molar-refractivity contribution is -0.143. The van der Waals surface area contributed by atoms with Gasteiger partial charge in [-0.2, -0.15) is 0 Å². The van der Waals surface area contributed by atoms with Crippen molar-refractivity contribution in [2.24, 2.45) is 0 Å². The van der Waals surface area contributed by atoms with Crippen molar-refractivity contribution in [3.8, 4) is 0 Å². The molecule has 6 heteroatoms. The van der Waals surface area contributed by atoms with Crippen LogP contribution in [0.4, 0.5) is 0 Å². The first-order valence-electron chi connectivity index (χ1n) is 29.5. The highest BCUT2D eigenvalue weighted by molar-refractivity contribution is 5.76. The number of hydrogen-bond acceptors (Lipinski definition) is 5. The first kappa shape index (κ1) is 63.6. The maximum absolute atomic E-state index is 12.5. The molecule has 0 aromatic rings. The fourth-order valence-corrected chi connectivity index (χ4v) is 9.28. The van der Waals surface area contributed by atoms with Crippen molar-refractivity contribution >= 4 is 11.9 Å². The van der Waals surface area contributed by atoms with Gasteiger partial charge < -0.3 is 20.3 Å². The van der Waals surface area contributed by atoms with Gasteiger partial charge in [0.15, 0.2) is 0 Å². The number of aliphatic hydroxyl groups is 2. The highest BCUT2D eigenvalue weighted by atomic mass is 16.5. The van der Waals surface area contributed by atoms with Gasteiger partial charge in [-0.05, 0) is 32.1 Å². The topological polar surface area (TPSA) is 95.9 Å². The van der Waals surface area contributed by atoms with Gasteiger partial charge in [0.1, 0.15) is 0 Å². The van der Waals surface area contributed by atoms with E-state index in [1.165, 1.54) is 263 Å². The van der Waals surface area contributed by atoms with Gasteiger partial charge >= 0.3 is 5.97 Å². The number of carbonyl (C=O) groups is 2. The molecule has 2 unspecified atom stereocenters. The summed E-state index contributed by atoms with van der Waals surface area (Å²) < 4.78 is 5.47. The predicted octanol–water partition coefficient (Wildman–Crippen LogP) is 18.1. The first-order valence-corrected chi connectivity index (χ1v) is 29.5. The number of carbonyl (C=O) groups excluding carboxylic acids is 2. The Morgan fingerprint density at radius 1 is 0.415 bits per heavy atom. The molecule has 0 fully saturated rings. The van der Waals surface area contributed by atoms with Gasteiger partial charge in [0.2, 0.25) is 5.91 Å². The van der Waals surface area contributed by atoms with Crippen LogP contribution in [0.5, 0.6) is 0 Å². The summed E-state index contributed by atoms with van der Waals surface area (Å²) >= 11 is 0. The zero-order chi connectivity index (χ0) is 47.2. The average Bonchev–Trinajstić information content (AvgIpc) is 3.31. The number of nitrogens with one attached hydrogen (secondary N) is 1. The fraction of sp³-hybridized carbons (Fsp3) is 0.932. The van der Waals surface area contributed by atoms with Crippen molar-refractivity contribution in [3.05, 3.63) is 12.2 Å². The summed E-state index contributed by atoms with van der Waals surface area (Å²) in [7, 11) is 0. The summed E-state index contributed by atoms with van der Waals surface area (Å²) in [6.45, 7) is 4.92. The van der Waals surface area contributed by atoms with E-state index in [9.17, 15) is 19.8 Å². The molecule has 65 heavy (non-hydrogen) atoms. The molecule has 3 N–H and O–H groups in total. The molecule has 0 radical (unpaired) electrons. The summed E-state index contributed by atoms with van der Waals surface area (Å²) in [5.41, 5.74) is 0. The monoisotopic (exact) mass is 918 g/mol. The summed E-state index contributed by atoms with van der Waals surface area (Å²) in [6, 6.07) is -0.630. The van der Waals surface area contributed by atoms with Gasteiger partial charge in [-0.1, -0.05) is 296 Å². The molecule has 1 amide bonds. The molecule has 0 aliphatic heterocycles. The van der Waals surface area contributed by atoms with Gasteiger partial charge in [0.05, 0.1) is 25.4 Å². The zero-order valence-corrected chi connectivity index (χ0v) is 44.0. The number of aliphatic hydroxyl groups excluding tert-OH is 2. The Morgan fingerprint density at radius 2 is 0.708 bits per heavy atom. The maximum Gasteiger partial charge on any atom is 0.305 e. The van der Waals surface area contributed by atoms with E-state index in [1.54, 1.807) is 6.08 Å². The molecule has 6 nitrogen and oxygen atoms in total. The molecular formula is C59H115NO5. The minimum atomic E-state index is -0.846. The second-order valence-corrected chi connectivity index (χ2v) is 20.3. The van der Waals surface area contributed by atoms with E-state index in [1.807, 2.05) is 6.08 Å². The number of allylic oxidation sites excluding steroid dienone is 1. The Balaban J connectivity index is 3.44. The molecule has 0 saturated carbocycles. The van der Waals surface area contributed by atoms with Crippen LogP contribution in [0.25, 0.3) is 0 Å². The molecule has 0 saturated heterocycles. The van der Waals surface area contributed by atoms with Crippen LogP contribution in [-0.2, 0) is 14.3 Å². The van der Waals surface area contributed by atoms with Gasteiger partial charge in [-0.3, -0.25) is 9.59 Å². The lowest BCUT2D eigenvalue weighted by Crippen LogP contribution is -2.45. The van der Waals surface area contributed by atoms with E-state index in [0.29, 0.717) is 19.4 Å². The minimum Gasteiger partial charge on any atom is -0.466 e. The third-order valence-electron chi connectivity index (χ3n) is 13.8. The molecule has 0 heterocycles. The van der Waals surface area contributed by atoms with E-state index in [2.05, 4.69) is 19.2 Å². The predicted molar refractivity (Wildman–Crippen MR) is 283 cm³/mol. The highest BCUT2D eigenvalue weighted by Crippen LogP contribution is 2.17. The molecule has 0 bridgehead atoms. The van der Waals surface area contributed by atoms with E-state index >= 15 is 0 Å². The molecule has 0 rings (SSSR count). The highest BCUT2D eigenvalue weighted by Gasteiger charge is 2.18. The van der Waals surface area contributed by atoms with E-state index in [4.69, 9.17) is 4.74 Å². The molecule has 386 valence electrons. The van der Waals surface area contributed by atoms with E-state index in [-0.39, 0.29) is 18.5 Å². The van der Waals surface area contributed by atoms with Gasteiger partial charge in [0, 0.05) is 12.8 Å². The SMILES string of the molecule is CCCCCCCCCCCCCCCCCC/C=C/C(O)C(CO)NC(=O)CCCCCCCCCCCCCCCCCCCCOC(=O)CCCCCCCCCCCCCC. The summed E-state index contributed by atoms with van der Waals surface area (Å²) in [5.74, 6) is -0.0613. The van der Waals surface area contributed by atoms with Crippen molar-refractivity contribution in [1.82, 2.24) is 5.32 Å². The molecule has 0 aliphatic rings. The van der Waals surface area contributed by atoms with Gasteiger partial charge in [-0.25, -0.2) is 0 Å². The number of unbranched alkanes of at least 4 members (excludes halogenated alkanes) is 44. The van der Waals surface area contributed by atoms with Crippen molar-refractivity contribution in [1.29, 1.82) is 0 Å². The van der Waals surface area contributed by atoms with Crippen LogP contribution in [-0.4, -0.2) is 47.4 Å². The van der Waals surface area contributed by atoms with Crippen LogP contribution in [0.2, 0.25) is 0 Å². The number of esters is 1. The zero-order valence-electron chi connectivity index (χ0n) is 44.0. The lowest BCUT2D eigenvalue weighted by atomic mass is 10.0. The summed E-state index contributed by atoms with van der Waals surface area (Å²) in [4.78, 5) is 24.5. The Kier molecular flexibility index (Phi) is 54.0. The number of rotatable bonds is 55. The molecular weight excluding hydrogens is 803 g/mol. The van der Waals surface area contributed by atoms with Crippen LogP contribution in [0.3, 0.4) is 0 Å². The first-order chi connectivity index (χ1) is 32.0. The Morgan fingerprint density at radius 3 is 1.05 bits per heavy atom. The third kappa shape index (κ3) is 51.8. The minimum absolute atomic E-state index is 0.00776. The van der Waals surface area contributed by atoms with Crippen molar-refractivity contribution in [2.75, 3.05) is 13.2 Å². The van der Waals surface area contributed by atoms with Crippen LogP contribution < -0.4 is 5.32 Å². The Bertz CT molecular complexity index is 970. The van der Waals surface area contributed by atoms with Gasteiger partial charge in [0.25, 0.3) is 0 Å². The van der Waals surface area contributed by atoms with Crippen molar-refractivity contribution < 1.29 is 24.5 Å². The Hall–Kier alpha value is -1.40. The van der Waals surface area contributed by atoms with Crippen LogP contribution in [0.1, 0.15) is 328 Å². The summed E-state index contributed by atoms with van der Waals surface area (Å²) in [6.07, 6.45) is 65.2. The van der Waals surface area contributed by atoms with Crippen molar-refractivity contribution in [3.63, 3.8) is 0 Å². The largest absolute Gasteiger partial charge is 0.466 e. The maximum atomic E-state index is 12.5. The van der Waals surface area contributed by atoms with Crippen LogP contribution in [0.15, 0.2) is 12.2 Å². The number of ether oxygens (including phenoxy) is 1. The molecule has 2 atom stereocenters. The third-order valence-corrected chi connectivity index (χ3v) is 13.8. The van der Waals surface area contributed by atoms with Crippen molar-refractivity contribution in [2.45, 2.75) is 341 Å². The van der Waals surface area contributed by atoms with Crippen LogP contribution in [0, 0.1) is 0 Å². The number of hydrogen-bond donors (Lipinski definition) is 3. The van der Waals surface area contributed by atoms with Crippen LogP contribution >= 0.6 is 0 Å². The second kappa shape index (κ2) is 55.2. The second-order valence-electron chi connectivity index (χ2n) is 20.3. The average molecular weight is 919 g/mol. The smallest absolute Gasteiger partial charge is 0.305 e. The normalized spacial score (nSPS) is 12.6. The van der Waals surface area contributed by atoms with E-state index < -0.39 is 12.1 Å². The number of amides is 1. The molecule has 0 aromatic heterocycles.